The van der Waals surface area contributed by atoms with Gasteiger partial charge in [-0.15, -0.1) is 0 Å². The van der Waals surface area contributed by atoms with Crippen LogP contribution in [-0.4, -0.2) is 37.0 Å². The van der Waals surface area contributed by atoms with Crippen LogP contribution in [0.3, 0.4) is 0 Å². The van der Waals surface area contributed by atoms with Crippen molar-refractivity contribution in [2.45, 2.75) is 19.9 Å². The minimum Gasteiger partial charge on any atom is -0.495 e. The number of amides is 3. The Labute approximate surface area is 196 Å². The largest absolute Gasteiger partial charge is 0.495 e. The van der Waals surface area contributed by atoms with Crippen LogP contribution in [0, 0.1) is 18.6 Å². The van der Waals surface area contributed by atoms with Gasteiger partial charge in [-0.2, -0.15) is 0 Å². The standard InChI is InChI=1S/C26H25F2N3O3/c1-17-5-3-6-18(13-17)16-30-11-4-12-31(26(30)33)23-15-20(8-10-24(23)34-2)29-25(32)21-9-7-19(27)14-22(21)28/h3,5-10,13-15H,4,11-12,16H2,1-2H3,(H,29,32). The third kappa shape index (κ3) is 5.01. The first-order chi connectivity index (χ1) is 16.4. The Kier molecular flexibility index (Phi) is 6.77. The lowest BCUT2D eigenvalue weighted by Crippen LogP contribution is -2.49. The number of nitrogens with zero attached hydrogens (tertiary/aromatic N) is 2. The highest BCUT2D eigenvalue weighted by molar-refractivity contribution is 6.05. The van der Waals surface area contributed by atoms with E-state index >= 15 is 0 Å². The number of aryl methyl sites for hydroxylation is 1. The topological polar surface area (TPSA) is 61.9 Å². The first kappa shape index (κ1) is 23.2. The molecular formula is C26H25F2N3O3. The smallest absolute Gasteiger partial charge is 0.324 e. The number of ether oxygens (including phenoxy) is 1. The van der Waals surface area contributed by atoms with E-state index in [4.69, 9.17) is 4.74 Å². The summed E-state index contributed by atoms with van der Waals surface area (Å²) >= 11 is 0. The third-order valence-corrected chi connectivity index (χ3v) is 5.67. The Hall–Kier alpha value is -3.94. The summed E-state index contributed by atoms with van der Waals surface area (Å²) in [7, 11) is 1.50. The van der Waals surface area contributed by atoms with Crippen molar-refractivity contribution in [3.63, 3.8) is 0 Å². The second-order valence-electron chi connectivity index (χ2n) is 8.16. The summed E-state index contributed by atoms with van der Waals surface area (Å²) in [5.41, 5.74) is 2.75. The predicted molar refractivity (Wildman–Crippen MR) is 126 cm³/mol. The van der Waals surface area contributed by atoms with E-state index in [0.717, 1.165) is 29.7 Å². The molecule has 1 aliphatic heterocycles. The first-order valence-corrected chi connectivity index (χ1v) is 10.9. The van der Waals surface area contributed by atoms with Crippen LogP contribution in [0.4, 0.5) is 25.0 Å². The zero-order chi connectivity index (χ0) is 24.2. The van der Waals surface area contributed by atoms with Crippen molar-refractivity contribution in [1.29, 1.82) is 0 Å². The van der Waals surface area contributed by atoms with Gasteiger partial charge in [0.05, 0.1) is 18.4 Å². The van der Waals surface area contributed by atoms with Gasteiger partial charge in [0.2, 0.25) is 0 Å². The fourth-order valence-electron chi connectivity index (χ4n) is 4.03. The van der Waals surface area contributed by atoms with E-state index in [1.807, 2.05) is 25.1 Å². The zero-order valence-electron chi connectivity index (χ0n) is 19.0. The maximum absolute atomic E-state index is 14.0. The van der Waals surface area contributed by atoms with Crippen LogP contribution in [-0.2, 0) is 6.54 Å². The molecule has 1 heterocycles. The molecule has 3 aromatic rings. The average Bonchev–Trinajstić information content (AvgIpc) is 2.80. The summed E-state index contributed by atoms with van der Waals surface area (Å²) in [5.74, 6) is -1.97. The number of halogens is 2. The van der Waals surface area contributed by atoms with Gasteiger partial charge in [-0.3, -0.25) is 9.69 Å². The normalized spacial score (nSPS) is 13.7. The second-order valence-corrected chi connectivity index (χ2v) is 8.16. The molecule has 3 amide bonds. The summed E-state index contributed by atoms with van der Waals surface area (Å²) in [6, 6.07) is 15.5. The first-order valence-electron chi connectivity index (χ1n) is 10.9. The summed E-state index contributed by atoms with van der Waals surface area (Å²) in [4.78, 5) is 29.3. The molecule has 0 aromatic heterocycles. The molecule has 0 saturated carbocycles. The van der Waals surface area contributed by atoms with Crippen molar-refractivity contribution in [3.05, 3.63) is 89.0 Å². The number of benzene rings is 3. The Morgan fingerprint density at radius 2 is 1.88 bits per heavy atom. The Bertz CT molecular complexity index is 1230. The maximum atomic E-state index is 14.0. The molecule has 34 heavy (non-hydrogen) atoms. The number of hydrogen-bond acceptors (Lipinski definition) is 3. The lowest BCUT2D eigenvalue weighted by atomic mass is 10.1. The molecule has 176 valence electrons. The SMILES string of the molecule is COc1ccc(NC(=O)c2ccc(F)cc2F)cc1N1CCCN(Cc2cccc(C)c2)C1=O. The van der Waals surface area contributed by atoms with E-state index in [0.29, 0.717) is 42.8 Å². The Morgan fingerprint density at radius 3 is 2.62 bits per heavy atom. The lowest BCUT2D eigenvalue weighted by Gasteiger charge is -2.36. The molecule has 1 N–H and O–H groups in total. The molecular weight excluding hydrogens is 440 g/mol. The van der Waals surface area contributed by atoms with E-state index in [-0.39, 0.29) is 11.6 Å². The average molecular weight is 466 g/mol. The minimum absolute atomic E-state index is 0.167. The van der Waals surface area contributed by atoms with Crippen LogP contribution in [0.25, 0.3) is 0 Å². The van der Waals surface area contributed by atoms with E-state index in [1.165, 1.54) is 7.11 Å². The molecule has 0 spiro atoms. The van der Waals surface area contributed by atoms with Crippen LogP contribution in [0.5, 0.6) is 5.75 Å². The van der Waals surface area contributed by atoms with Crippen LogP contribution in [0.2, 0.25) is 0 Å². The number of anilines is 2. The van der Waals surface area contributed by atoms with Gasteiger partial charge in [-0.1, -0.05) is 29.8 Å². The molecule has 0 unspecified atom stereocenters. The molecule has 1 aliphatic rings. The van der Waals surface area contributed by atoms with E-state index in [2.05, 4.69) is 11.4 Å². The van der Waals surface area contributed by atoms with Gasteiger partial charge in [-0.05, 0) is 49.2 Å². The summed E-state index contributed by atoms with van der Waals surface area (Å²) in [6.45, 7) is 3.62. The number of rotatable bonds is 6. The van der Waals surface area contributed by atoms with E-state index in [1.54, 1.807) is 28.0 Å². The fourth-order valence-corrected chi connectivity index (χ4v) is 4.03. The van der Waals surface area contributed by atoms with Gasteiger partial charge in [-0.25, -0.2) is 13.6 Å². The van der Waals surface area contributed by atoms with Crippen molar-refractivity contribution in [2.75, 3.05) is 30.4 Å². The van der Waals surface area contributed by atoms with Gasteiger partial charge in [0.1, 0.15) is 17.4 Å². The molecule has 0 radical (unpaired) electrons. The molecule has 6 nitrogen and oxygen atoms in total. The molecule has 0 atom stereocenters. The number of carbonyl (C=O) groups excluding carboxylic acids is 2. The van der Waals surface area contributed by atoms with Gasteiger partial charge >= 0.3 is 6.03 Å². The minimum atomic E-state index is -0.954. The number of hydrogen-bond donors (Lipinski definition) is 1. The Morgan fingerprint density at radius 1 is 1.06 bits per heavy atom. The maximum Gasteiger partial charge on any atom is 0.324 e. The highest BCUT2D eigenvalue weighted by atomic mass is 19.1. The summed E-state index contributed by atoms with van der Waals surface area (Å²) in [5, 5.41) is 2.61. The van der Waals surface area contributed by atoms with E-state index in [9.17, 15) is 18.4 Å². The molecule has 0 aliphatic carbocycles. The fraction of sp³-hybridized carbons (Fsp3) is 0.231. The van der Waals surface area contributed by atoms with Crippen LogP contribution in [0.1, 0.15) is 27.9 Å². The molecule has 8 heteroatoms. The molecule has 1 saturated heterocycles. The second kappa shape index (κ2) is 9.91. The number of carbonyl (C=O) groups is 2. The van der Waals surface area contributed by atoms with Crippen LogP contribution < -0.4 is 15.0 Å². The molecule has 4 rings (SSSR count). The quantitative estimate of drug-likeness (QED) is 0.533. The van der Waals surface area contributed by atoms with Gasteiger partial charge in [0.25, 0.3) is 5.91 Å². The highest BCUT2D eigenvalue weighted by Crippen LogP contribution is 2.34. The van der Waals surface area contributed by atoms with Crippen molar-refractivity contribution in [1.82, 2.24) is 4.90 Å². The summed E-state index contributed by atoms with van der Waals surface area (Å²) in [6.07, 6.45) is 0.762. The van der Waals surface area contributed by atoms with Crippen molar-refractivity contribution in [2.24, 2.45) is 0 Å². The van der Waals surface area contributed by atoms with Crippen LogP contribution >= 0.6 is 0 Å². The van der Waals surface area contributed by atoms with Gasteiger partial charge in [0.15, 0.2) is 0 Å². The number of urea groups is 1. The van der Waals surface area contributed by atoms with Crippen LogP contribution in [0.15, 0.2) is 60.7 Å². The predicted octanol–water partition coefficient (Wildman–Crippen LogP) is 5.37. The van der Waals surface area contributed by atoms with Gasteiger partial charge < -0.3 is 15.0 Å². The van der Waals surface area contributed by atoms with Gasteiger partial charge in [0, 0.05) is 31.4 Å². The van der Waals surface area contributed by atoms with E-state index < -0.39 is 17.5 Å². The molecule has 1 fully saturated rings. The zero-order valence-corrected chi connectivity index (χ0v) is 19.0. The van der Waals surface area contributed by atoms with Crippen molar-refractivity contribution < 1.29 is 23.1 Å². The summed E-state index contributed by atoms with van der Waals surface area (Å²) < 4.78 is 32.7. The number of nitrogens with one attached hydrogen (secondary N) is 1. The lowest BCUT2D eigenvalue weighted by molar-refractivity contribution is 0.102. The van der Waals surface area contributed by atoms with Crippen molar-refractivity contribution in [3.8, 4) is 5.75 Å². The molecule has 3 aromatic carbocycles. The third-order valence-electron chi connectivity index (χ3n) is 5.67. The molecule has 0 bridgehead atoms. The number of methoxy groups -OCH3 is 1. The monoisotopic (exact) mass is 465 g/mol. The Balaban J connectivity index is 1.57. The van der Waals surface area contributed by atoms with Crippen molar-refractivity contribution >= 4 is 23.3 Å². The highest BCUT2D eigenvalue weighted by Gasteiger charge is 2.29.